The van der Waals surface area contributed by atoms with Crippen LogP contribution in [-0.2, 0) is 19.1 Å². The summed E-state index contributed by atoms with van der Waals surface area (Å²) in [5.74, 6) is -3.43. The molecule has 0 saturated heterocycles. The molecule has 266 valence electrons. The molecule has 5 nitrogen and oxygen atoms in total. The van der Waals surface area contributed by atoms with Crippen LogP contribution in [0.4, 0.5) is 8.78 Å². The Bertz CT molecular complexity index is 1630. The first-order chi connectivity index (χ1) is 22.9. The van der Waals surface area contributed by atoms with Gasteiger partial charge in [0, 0.05) is 16.7 Å². The zero-order chi connectivity index (χ0) is 36.2. The molecule has 0 radical (unpaired) electrons. The van der Waals surface area contributed by atoms with Crippen LogP contribution in [0.25, 0.3) is 0 Å². The number of carbonyl (C=O) groups is 3. The highest BCUT2D eigenvalue weighted by Gasteiger charge is 2.76. The molecule has 3 saturated carbocycles. The van der Waals surface area contributed by atoms with Gasteiger partial charge < -0.3 is 9.84 Å². The predicted octanol–water partition coefficient (Wildman–Crippen LogP) is 8.96. The summed E-state index contributed by atoms with van der Waals surface area (Å²) < 4.78 is 39.3. The lowest BCUT2D eigenvalue weighted by Gasteiger charge is -2.63. The maximum absolute atomic E-state index is 18.7. The minimum Gasteiger partial charge on any atom is -0.458 e. The van der Waals surface area contributed by atoms with E-state index in [1.807, 2.05) is 71.1 Å². The van der Waals surface area contributed by atoms with Gasteiger partial charge in [-0.15, -0.1) is 0 Å². The van der Waals surface area contributed by atoms with E-state index < -0.39 is 69.8 Å². The Kier molecular flexibility index (Phi) is 9.96. The van der Waals surface area contributed by atoms with E-state index in [1.54, 1.807) is 26.8 Å². The smallest absolute Gasteiger partial charge is 0.316 e. The average molecular weight is 677 g/mol. The first-order valence-corrected chi connectivity index (χ1v) is 18.0. The van der Waals surface area contributed by atoms with Gasteiger partial charge in [-0.05, 0) is 116 Å². The van der Waals surface area contributed by atoms with E-state index in [2.05, 4.69) is 0 Å². The van der Waals surface area contributed by atoms with E-state index in [1.165, 1.54) is 12.2 Å². The fraction of sp³-hybridized carbons (Fsp3) is 0.595. The number of ether oxygens (including phenoxy) is 1. The summed E-state index contributed by atoms with van der Waals surface area (Å²) in [6, 6.07) is 0. The molecule has 5 aliphatic carbocycles. The Morgan fingerprint density at radius 3 is 2.49 bits per heavy atom. The Balaban J connectivity index is 1.57. The molecule has 0 amide bonds. The number of rotatable bonds is 8. The fourth-order valence-corrected chi connectivity index (χ4v) is 10.3. The molecule has 5 aliphatic rings. The molecule has 0 spiro atoms. The molecule has 0 aromatic heterocycles. The molecule has 0 bridgehead atoms. The zero-order valence-electron chi connectivity index (χ0n) is 30.5. The highest BCUT2D eigenvalue weighted by molar-refractivity contribution is 6.01. The topological polar surface area (TPSA) is 80.7 Å². The number of hydrogen-bond donors (Lipinski definition) is 1. The van der Waals surface area contributed by atoms with E-state index in [0.717, 1.165) is 35.1 Å². The highest BCUT2D eigenvalue weighted by Crippen LogP contribution is 2.71. The van der Waals surface area contributed by atoms with Crippen LogP contribution >= 0.6 is 0 Å². The summed E-state index contributed by atoms with van der Waals surface area (Å²) in [4.78, 5) is 40.3. The van der Waals surface area contributed by atoms with Crippen LogP contribution in [-0.4, -0.2) is 46.7 Å². The van der Waals surface area contributed by atoms with Gasteiger partial charge in [0.1, 0.15) is 11.7 Å². The summed E-state index contributed by atoms with van der Waals surface area (Å²) in [6.07, 6.45) is 18.3. The van der Waals surface area contributed by atoms with Crippen molar-refractivity contribution in [2.45, 2.75) is 118 Å². The Morgan fingerprint density at radius 2 is 1.82 bits per heavy atom. The van der Waals surface area contributed by atoms with Gasteiger partial charge in [0.25, 0.3) is 0 Å². The van der Waals surface area contributed by atoms with Crippen molar-refractivity contribution in [1.82, 2.24) is 0 Å². The average Bonchev–Trinajstić information content (AvgIpc) is 3.26. The summed E-state index contributed by atoms with van der Waals surface area (Å²) in [7, 11) is 0. The molecular formula is C42H54F2O5. The fourth-order valence-electron chi connectivity index (χ4n) is 10.3. The van der Waals surface area contributed by atoms with Crippen LogP contribution in [0.1, 0.15) is 100 Å². The predicted molar refractivity (Wildman–Crippen MR) is 189 cm³/mol. The van der Waals surface area contributed by atoms with Gasteiger partial charge in [-0.1, -0.05) is 78.7 Å². The van der Waals surface area contributed by atoms with Gasteiger partial charge in [0.05, 0.1) is 5.41 Å². The van der Waals surface area contributed by atoms with Crippen molar-refractivity contribution in [3.63, 3.8) is 0 Å². The second-order valence-corrected chi connectivity index (χ2v) is 16.1. The molecule has 1 N–H and O–H groups in total. The summed E-state index contributed by atoms with van der Waals surface area (Å²) in [6.45, 7) is 13.8. The van der Waals surface area contributed by atoms with Crippen molar-refractivity contribution in [2.75, 3.05) is 6.67 Å². The van der Waals surface area contributed by atoms with Crippen molar-refractivity contribution < 1.29 is 33.0 Å². The number of halogens is 2. The van der Waals surface area contributed by atoms with E-state index >= 15 is 4.39 Å². The number of Topliss-reactive ketones (excluding diaryl/α,β-unsaturated/α-hetero) is 1. The maximum Gasteiger partial charge on any atom is 0.316 e. The third-order valence-electron chi connectivity index (χ3n) is 13.4. The number of allylic oxidation sites excluding steroid dienone is 13. The molecule has 0 heterocycles. The van der Waals surface area contributed by atoms with Crippen molar-refractivity contribution in [1.29, 1.82) is 0 Å². The molecule has 49 heavy (non-hydrogen) atoms. The van der Waals surface area contributed by atoms with Crippen LogP contribution in [0, 0.1) is 34.0 Å². The normalized spacial score (nSPS) is 41.1. The van der Waals surface area contributed by atoms with Crippen LogP contribution in [0.5, 0.6) is 0 Å². The van der Waals surface area contributed by atoms with Crippen molar-refractivity contribution in [2.24, 2.45) is 34.0 Å². The SMILES string of the molecule is C/C=C(C)/C=C/C=C(C)/C=C/C1=C(C)CCCC1(C)C(=O)O[C@H]1C[C@@]2(C)[C@@H](C[C@@H](C)[C@]2(O)C(=O)CF)[C@@H]2CCC3=CC(=O)C=C[C@]3(C)[C@@]12F. The van der Waals surface area contributed by atoms with Crippen LogP contribution < -0.4 is 0 Å². The molecule has 0 aromatic carbocycles. The maximum atomic E-state index is 18.7. The van der Waals surface area contributed by atoms with Gasteiger partial charge in [-0.2, -0.15) is 0 Å². The van der Waals surface area contributed by atoms with Gasteiger partial charge in [0.15, 0.2) is 23.9 Å². The standard InChI is InChI=1S/C42H54F2O5/c1-9-26(2)12-10-13-27(3)15-17-32-28(4)14-11-20-38(32,6)37(47)49-36-24-40(8)34(22-29(5)42(40,48)35(46)25-43)33-18-16-30-23-31(45)19-21-39(30,7)41(33,36)44/h9-10,12-13,15,17,19,21,23,29,33-34,36,48H,11,14,16,18,20,22,24-25H2,1-8H3/b12-10+,17-15+,26-9+,27-13+/t29-,33+,34+,36+,38?,39+,40+,41+,42+/m1/s1. The minimum absolute atomic E-state index is 0.141. The van der Waals surface area contributed by atoms with Gasteiger partial charge >= 0.3 is 5.97 Å². The largest absolute Gasteiger partial charge is 0.458 e. The summed E-state index contributed by atoms with van der Waals surface area (Å²) in [5, 5.41) is 12.1. The Morgan fingerprint density at radius 1 is 1.10 bits per heavy atom. The summed E-state index contributed by atoms with van der Waals surface area (Å²) in [5.41, 5.74) is -2.99. The van der Waals surface area contributed by atoms with E-state index in [4.69, 9.17) is 4.74 Å². The molecular weight excluding hydrogens is 622 g/mol. The minimum atomic E-state index is -2.13. The second-order valence-electron chi connectivity index (χ2n) is 16.1. The van der Waals surface area contributed by atoms with Crippen molar-refractivity contribution in [3.05, 3.63) is 82.5 Å². The summed E-state index contributed by atoms with van der Waals surface area (Å²) >= 11 is 0. The first kappa shape index (κ1) is 37.1. The van der Waals surface area contributed by atoms with Gasteiger partial charge in [0.2, 0.25) is 0 Å². The van der Waals surface area contributed by atoms with Crippen molar-refractivity contribution >= 4 is 17.5 Å². The third kappa shape index (κ3) is 5.63. The van der Waals surface area contributed by atoms with E-state index in [-0.39, 0.29) is 12.2 Å². The number of hydrogen-bond acceptors (Lipinski definition) is 5. The lowest BCUT2D eigenvalue weighted by Crippen LogP contribution is -2.70. The van der Waals surface area contributed by atoms with Crippen LogP contribution in [0.2, 0.25) is 0 Å². The third-order valence-corrected chi connectivity index (χ3v) is 13.4. The molecule has 9 atom stereocenters. The molecule has 1 unspecified atom stereocenters. The van der Waals surface area contributed by atoms with E-state index in [0.29, 0.717) is 31.3 Å². The van der Waals surface area contributed by atoms with Crippen LogP contribution in [0.15, 0.2) is 82.5 Å². The molecule has 0 aromatic rings. The number of alkyl halides is 2. The number of fused-ring (bicyclic) bond motifs is 5. The number of ketones is 2. The lowest BCUT2D eigenvalue weighted by atomic mass is 9.44. The highest BCUT2D eigenvalue weighted by atomic mass is 19.1. The number of carbonyl (C=O) groups excluding carboxylic acids is 3. The van der Waals surface area contributed by atoms with Crippen LogP contribution in [0.3, 0.4) is 0 Å². The molecule has 3 fully saturated rings. The number of aliphatic hydroxyl groups is 1. The second kappa shape index (κ2) is 13.2. The zero-order valence-corrected chi connectivity index (χ0v) is 30.5. The number of esters is 1. The molecule has 7 heteroatoms. The quantitative estimate of drug-likeness (QED) is 0.205. The van der Waals surface area contributed by atoms with Crippen molar-refractivity contribution in [3.8, 4) is 0 Å². The molecule has 0 aliphatic heterocycles. The lowest BCUT2D eigenvalue weighted by molar-refractivity contribution is -0.233. The Hall–Kier alpha value is -3.19. The first-order valence-electron chi connectivity index (χ1n) is 18.0. The van der Waals surface area contributed by atoms with E-state index in [9.17, 15) is 23.9 Å². The van der Waals surface area contributed by atoms with Gasteiger partial charge in [-0.25, -0.2) is 8.78 Å². The van der Waals surface area contributed by atoms with Gasteiger partial charge in [-0.3, -0.25) is 14.4 Å². The monoisotopic (exact) mass is 676 g/mol. The Labute approximate surface area is 291 Å². The molecule has 5 rings (SSSR count).